The van der Waals surface area contributed by atoms with Crippen LogP contribution in [0.4, 0.5) is 0 Å². The smallest absolute Gasteiger partial charge is 0.326 e. The minimum absolute atomic E-state index is 0.0392. The summed E-state index contributed by atoms with van der Waals surface area (Å²) in [5, 5.41) is 4.12. The van der Waals surface area contributed by atoms with Crippen LogP contribution >= 0.6 is 0 Å². The van der Waals surface area contributed by atoms with Crippen LogP contribution in [-0.2, 0) is 0 Å². The van der Waals surface area contributed by atoms with E-state index in [2.05, 4.69) is 15.1 Å². The summed E-state index contributed by atoms with van der Waals surface area (Å²) >= 11 is 0. The molecule has 0 bridgehead atoms. The fourth-order valence-corrected chi connectivity index (χ4v) is 4.03. The third-order valence-corrected chi connectivity index (χ3v) is 5.36. The molecule has 5 rings (SSSR count). The van der Waals surface area contributed by atoms with E-state index in [1.165, 1.54) is 12.8 Å². The molecule has 0 atom stereocenters. The topological polar surface area (TPSA) is 76.7 Å². The minimum atomic E-state index is -0.0392. The van der Waals surface area contributed by atoms with Crippen molar-refractivity contribution >= 4 is 11.0 Å². The first-order chi connectivity index (χ1) is 13.2. The van der Waals surface area contributed by atoms with E-state index in [0.717, 1.165) is 40.6 Å². The Morgan fingerprint density at radius 2 is 1.96 bits per heavy atom. The van der Waals surface area contributed by atoms with Crippen LogP contribution in [0.5, 0.6) is 0 Å². The quantitative estimate of drug-likeness (QED) is 0.585. The van der Waals surface area contributed by atoms with E-state index in [1.807, 2.05) is 54.0 Å². The van der Waals surface area contributed by atoms with Crippen LogP contribution in [0, 0.1) is 6.92 Å². The number of aryl methyl sites for hydroxylation is 1. The van der Waals surface area contributed by atoms with Gasteiger partial charge in [0, 0.05) is 17.2 Å². The summed E-state index contributed by atoms with van der Waals surface area (Å²) in [4.78, 5) is 20.0. The predicted octanol–water partition coefficient (Wildman–Crippen LogP) is 4.47. The van der Waals surface area contributed by atoms with Gasteiger partial charge in [-0.2, -0.15) is 4.98 Å². The average Bonchev–Trinajstić information content (AvgIpc) is 3.40. The Hall–Kier alpha value is -3.15. The zero-order chi connectivity index (χ0) is 18.4. The van der Waals surface area contributed by atoms with Crippen molar-refractivity contribution < 1.29 is 4.52 Å². The molecular weight excluding hydrogens is 340 g/mol. The molecule has 1 aliphatic rings. The molecule has 0 saturated heterocycles. The number of rotatable bonds is 3. The Kier molecular flexibility index (Phi) is 3.70. The third kappa shape index (κ3) is 2.77. The average molecular weight is 360 g/mol. The summed E-state index contributed by atoms with van der Waals surface area (Å²) in [5.41, 5.74) is 4.58. The molecular formula is C21H20N4O2. The molecule has 1 aliphatic carbocycles. The van der Waals surface area contributed by atoms with Crippen molar-refractivity contribution in [2.75, 3.05) is 0 Å². The van der Waals surface area contributed by atoms with E-state index in [9.17, 15) is 4.79 Å². The van der Waals surface area contributed by atoms with Gasteiger partial charge in [-0.1, -0.05) is 35.7 Å². The molecule has 0 radical (unpaired) electrons. The molecule has 136 valence electrons. The van der Waals surface area contributed by atoms with Gasteiger partial charge in [0.15, 0.2) is 0 Å². The molecule has 2 aromatic heterocycles. The highest BCUT2D eigenvalue weighted by atomic mass is 16.5. The van der Waals surface area contributed by atoms with Crippen molar-refractivity contribution in [3.05, 3.63) is 58.5 Å². The molecule has 4 aromatic rings. The van der Waals surface area contributed by atoms with Crippen molar-refractivity contribution in [2.24, 2.45) is 0 Å². The second-order valence-corrected chi connectivity index (χ2v) is 7.26. The van der Waals surface area contributed by atoms with Crippen molar-refractivity contribution in [1.82, 2.24) is 19.7 Å². The molecule has 1 N–H and O–H groups in total. The number of hydrogen-bond acceptors (Lipinski definition) is 4. The Labute approximate surface area is 155 Å². The lowest BCUT2D eigenvalue weighted by molar-refractivity contribution is 0.432. The molecule has 0 unspecified atom stereocenters. The number of benzene rings is 2. The number of imidazole rings is 1. The van der Waals surface area contributed by atoms with Crippen LogP contribution in [0.15, 0.2) is 51.8 Å². The SMILES string of the molecule is Cc1cccc(-c2nc(-c3ccc4c(c3)[nH]c(=O)n4C3CCCC3)no2)c1. The lowest BCUT2D eigenvalue weighted by Crippen LogP contribution is -2.20. The summed E-state index contributed by atoms with van der Waals surface area (Å²) in [5.74, 6) is 1.01. The molecule has 0 spiro atoms. The van der Waals surface area contributed by atoms with E-state index in [-0.39, 0.29) is 5.69 Å². The number of aromatic nitrogens is 4. The highest BCUT2D eigenvalue weighted by Gasteiger charge is 2.21. The van der Waals surface area contributed by atoms with Gasteiger partial charge in [0.1, 0.15) is 0 Å². The molecule has 0 amide bonds. The Morgan fingerprint density at radius 3 is 2.78 bits per heavy atom. The molecule has 1 fully saturated rings. The second kappa shape index (κ2) is 6.23. The first-order valence-electron chi connectivity index (χ1n) is 9.34. The summed E-state index contributed by atoms with van der Waals surface area (Å²) in [6.45, 7) is 2.03. The first-order valence-corrected chi connectivity index (χ1v) is 9.34. The second-order valence-electron chi connectivity index (χ2n) is 7.26. The number of H-pyrrole nitrogens is 1. The van der Waals surface area contributed by atoms with Crippen LogP contribution in [0.25, 0.3) is 33.9 Å². The maximum Gasteiger partial charge on any atom is 0.326 e. The maximum absolute atomic E-state index is 12.5. The summed E-state index contributed by atoms with van der Waals surface area (Å²) in [6, 6.07) is 14.1. The zero-order valence-electron chi connectivity index (χ0n) is 15.1. The number of hydrogen-bond donors (Lipinski definition) is 1. The van der Waals surface area contributed by atoms with Gasteiger partial charge in [-0.15, -0.1) is 0 Å². The van der Waals surface area contributed by atoms with E-state index in [4.69, 9.17) is 4.52 Å². The van der Waals surface area contributed by atoms with E-state index in [1.54, 1.807) is 0 Å². The number of nitrogens with zero attached hydrogens (tertiary/aromatic N) is 3. The lowest BCUT2D eigenvalue weighted by atomic mass is 10.1. The van der Waals surface area contributed by atoms with Crippen molar-refractivity contribution in [1.29, 1.82) is 0 Å². The number of fused-ring (bicyclic) bond motifs is 1. The molecule has 0 aliphatic heterocycles. The van der Waals surface area contributed by atoms with Gasteiger partial charge < -0.3 is 9.51 Å². The van der Waals surface area contributed by atoms with Gasteiger partial charge in [-0.25, -0.2) is 4.79 Å². The maximum atomic E-state index is 12.5. The van der Waals surface area contributed by atoms with E-state index >= 15 is 0 Å². The third-order valence-electron chi connectivity index (χ3n) is 5.36. The zero-order valence-corrected chi connectivity index (χ0v) is 15.1. The Bertz CT molecular complexity index is 1180. The fourth-order valence-electron chi connectivity index (χ4n) is 4.03. The largest absolute Gasteiger partial charge is 0.334 e. The van der Waals surface area contributed by atoms with Gasteiger partial charge in [0.05, 0.1) is 11.0 Å². The molecule has 2 aromatic carbocycles. The molecule has 6 nitrogen and oxygen atoms in total. The van der Waals surface area contributed by atoms with E-state index in [0.29, 0.717) is 17.8 Å². The Morgan fingerprint density at radius 1 is 1.11 bits per heavy atom. The monoisotopic (exact) mass is 360 g/mol. The van der Waals surface area contributed by atoms with Gasteiger partial charge >= 0.3 is 5.69 Å². The predicted molar refractivity (Wildman–Crippen MR) is 104 cm³/mol. The highest BCUT2D eigenvalue weighted by Crippen LogP contribution is 2.31. The van der Waals surface area contributed by atoms with Crippen molar-refractivity contribution in [3.8, 4) is 22.8 Å². The molecule has 2 heterocycles. The van der Waals surface area contributed by atoms with Gasteiger partial charge in [0.25, 0.3) is 5.89 Å². The molecule has 1 saturated carbocycles. The summed E-state index contributed by atoms with van der Waals surface area (Å²) in [7, 11) is 0. The van der Waals surface area contributed by atoms with Crippen LogP contribution in [-0.4, -0.2) is 19.7 Å². The standard InChI is InChI=1S/C21H20N4O2/c1-13-5-4-6-15(11-13)20-23-19(24-27-20)14-9-10-18-17(12-14)22-21(26)25(18)16-7-2-3-8-16/h4-6,9-12,16H,2-3,7-8H2,1H3,(H,22,26). The summed E-state index contributed by atoms with van der Waals surface area (Å²) in [6.07, 6.45) is 4.51. The van der Waals surface area contributed by atoms with Gasteiger partial charge in [-0.3, -0.25) is 4.57 Å². The van der Waals surface area contributed by atoms with Crippen molar-refractivity contribution in [3.63, 3.8) is 0 Å². The van der Waals surface area contributed by atoms with Crippen LogP contribution < -0.4 is 5.69 Å². The van der Waals surface area contributed by atoms with Gasteiger partial charge in [-0.05, 0) is 50.1 Å². The number of nitrogens with one attached hydrogen (secondary N) is 1. The normalized spacial score (nSPS) is 15.0. The Balaban J connectivity index is 1.54. The minimum Gasteiger partial charge on any atom is -0.334 e. The van der Waals surface area contributed by atoms with Crippen LogP contribution in [0.1, 0.15) is 37.3 Å². The first kappa shape index (κ1) is 16.1. The van der Waals surface area contributed by atoms with E-state index < -0.39 is 0 Å². The van der Waals surface area contributed by atoms with Crippen LogP contribution in [0.2, 0.25) is 0 Å². The molecule has 27 heavy (non-hydrogen) atoms. The van der Waals surface area contributed by atoms with Crippen molar-refractivity contribution in [2.45, 2.75) is 38.6 Å². The lowest BCUT2D eigenvalue weighted by Gasteiger charge is -2.11. The highest BCUT2D eigenvalue weighted by molar-refractivity contribution is 5.81. The molecule has 6 heteroatoms. The fraction of sp³-hybridized carbons (Fsp3) is 0.286. The summed E-state index contributed by atoms with van der Waals surface area (Å²) < 4.78 is 7.35. The van der Waals surface area contributed by atoms with Crippen LogP contribution in [0.3, 0.4) is 0 Å². The van der Waals surface area contributed by atoms with Gasteiger partial charge in [0.2, 0.25) is 5.82 Å². The number of aromatic amines is 1.